The van der Waals surface area contributed by atoms with Crippen LogP contribution in [-0.2, 0) is 29.2 Å². The van der Waals surface area contributed by atoms with Gasteiger partial charge in [-0.15, -0.1) is 17.9 Å². The molecular weight excluding hydrogens is 729 g/mol. The highest BCUT2D eigenvalue weighted by Gasteiger charge is 2.70. The highest BCUT2D eigenvalue weighted by molar-refractivity contribution is 7.91. The van der Waals surface area contributed by atoms with Gasteiger partial charge in [-0.05, 0) is 64.7 Å². The van der Waals surface area contributed by atoms with E-state index >= 15 is 0 Å². The van der Waals surface area contributed by atoms with Gasteiger partial charge in [-0.2, -0.15) is 4.31 Å². The number of hydrogen-bond donors (Lipinski definition) is 4. The average molecular weight is 789 g/mol. The van der Waals surface area contributed by atoms with Gasteiger partial charge in [-0.25, -0.2) is 13.2 Å². The second-order valence-electron chi connectivity index (χ2n) is 17.9. The highest BCUT2D eigenvalue weighted by atomic mass is 32.2. The van der Waals surface area contributed by atoms with Gasteiger partial charge in [0, 0.05) is 32.7 Å². The SMILES string of the molecule is C=CCNC(=O)C(=O)C(CC1CC1)NC(=O)[C@@H]1[C@@H]2[C@H](CN1C(=O)[C@@H](NC(=O)N[C@H](CN(C)S(=O)(=O)c1cccs1)C(C)(C)C)C1(C)CCCCC1)C2(C)C. The molecule has 1 aliphatic heterocycles. The number of likely N-dealkylation sites (N-methyl/N-ethyl adjacent to an activating group) is 1. The number of nitrogens with one attached hydrogen (secondary N) is 4. The maximum Gasteiger partial charge on any atom is 0.315 e. The number of amides is 5. The molecule has 0 aromatic carbocycles. The Labute approximate surface area is 324 Å². The van der Waals surface area contributed by atoms with E-state index in [1.165, 1.54) is 17.4 Å². The predicted molar refractivity (Wildman–Crippen MR) is 208 cm³/mol. The van der Waals surface area contributed by atoms with E-state index in [-0.39, 0.29) is 46.4 Å². The quantitative estimate of drug-likeness (QED) is 0.144. The second kappa shape index (κ2) is 16.0. The van der Waals surface area contributed by atoms with E-state index in [2.05, 4.69) is 41.7 Å². The minimum Gasteiger partial charge on any atom is -0.346 e. The lowest BCUT2D eigenvalue weighted by Gasteiger charge is -2.43. The summed E-state index contributed by atoms with van der Waals surface area (Å²) in [5.41, 5.74) is -1.35. The summed E-state index contributed by atoms with van der Waals surface area (Å²) >= 11 is 1.13. The normalized spacial score (nSPS) is 24.7. The minimum atomic E-state index is -3.78. The van der Waals surface area contributed by atoms with Gasteiger partial charge in [0.05, 0.1) is 6.04 Å². The number of fused-ring (bicyclic) bond motifs is 1. The number of ketones is 1. The van der Waals surface area contributed by atoms with E-state index < -0.39 is 68.6 Å². The summed E-state index contributed by atoms with van der Waals surface area (Å²) in [6, 6.07) is -0.830. The fraction of sp³-hybridized carbons (Fsp3) is 0.718. The molecule has 1 aromatic rings. The van der Waals surface area contributed by atoms with Gasteiger partial charge in [0.15, 0.2) is 0 Å². The van der Waals surface area contributed by atoms with E-state index in [0.29, 0.717) is 25.8 Å². The number of nitrogens with zero attached hydrogens (tertiary/aromatic N) is 2. The third-order valence-electron chi connectivity index (χ3n) is 12.5. The zero-order valence-electron chi connectivity index (χ0n) is 32.9. The summed E-state index contributed by atoms with van der Waals surface area (Å²) in [7, 11) is -2.29. The lowest BCUT2D eigenvalue weighted by molar-refractivity contribution is -0.146. The molecule has 13 nitrogen and oxygen atoms in total. The van der Waals surface area contributed by atoms with Crippen molar-refractivity contribution in [3.05, 3.63) is 30.2 Å². The number of thiophene rings is 1. The monoisotopic (exact) mass is 788 g/mol. The number of carbonyl (C=O) groups excluding carboxylic acids is 5. The van der Waals surface area contributed by atoms with Crippen molar-refractivity contribution in [2.45, 2.75) is 121 Å². The molecule has 4 N–H and O–H groups in total. The second-order valence-corrected chi connectivity index (χ2v) is 21.1. The van der Waals surface area contributed by atoms with Crippen molar-refractivity contribution in [3.8, 4) is 0 Å². The van der Waals surface area contributed by atoms with Crippen molar-refractivity contribution in [3.63, 3.8) is 0 Å². The van der Waals surface area contributed by atoms with Gasteiger partial charge in [0.1, 0.15) is 16.3 Å². The Morgan fingerprint density at radius 1 is 1.06 bits per heavy atom. The molecular formula is C39H60N6O7S2. The van der Waals surface area contributed by atoms with Crippen molar-refractivity contribution in [2.24, 2.45) is 34.0 Å². The third-order valence-corrected chi connectivity index (χ3v) is 15.7. The number of likely N-dealkylation sites (tertiary alicyclic amines) is 1. The minimum absolute atomic E-state index is 0.00615. The van der Waals surface area contributed by atoms with Crippen LogP contribution in [0, 0.1) is 34.0 Å². The Kier molecular flexibility index (Phi) is 12.4. The number of hydrogen-bond acceptors (Lipinski definition) is 8. The van der Waals surface area contributed by atoms with Crippen LogP contribution in [0.3, 0.4) is 0 Å². The lowest BCUT2D eigenvalue weighted by atomic mass is 9.70. The van der Waals surface area contributed by atoms with Gasteiger partial charge < -0.3 is 26.2 Å². The first-order valence-corrected chi connectivity index (χ1v) is 21.6. The first-order chi connectivity index (χ1) is 25.2. The van der Waals surface area contributed by atoms with Crippen LogP contribution < -0.4 is 21.3 Å². The zero-order valence-corrected chi connectivity index (χ0v) is 34.5. The molecule has 3 aliphatic carbocycles. The van der Waals surface area contributed by atoms with E-state index in [1.54, 1.807) is 22.4 Å². The number of carbonyl (C=O) groups is 5. The van der Waals surface area contributed by atoms with Gasteiger partial charge >= 0.3 is 6.03 Å². The molecule has 5 rings (SSSR count). The fourth-order valence-corrected chi connectivity index (χ4v) is 10.9. The first-order valence-electron chi connectivity index (χ1n) is 19.3. The smallest absolute Gasteiger partial charge is 0.315 e. The van der Waals surface area contributed by atoms with Crippen LogP contribution in [-0.4, -0.2) is 98.0 Å². The maximum absolute atomic E-state index is 14.9. The molecule has 0 radical (unpaired) electrons. The Hall–Kier alpha value is -3.30. The standard InChI is InChI=1S/C39H60N6O7S2/c1-9-19-40-34(48)31(46)26(21-24-15-16-24)41-33(47)30-29-25(38(29,5)6)22-45(30)35(49)32(39(7)17-11-10-12-18-39)43-36(50)42-27(37(2,3)4)23-44(8)54(51,52)28-14-13-20-53-28/h9,13-14,20,24-27,29-30,32H,1,10-12,15-19,21-23H2,2-8H3,(H,40,48)(H,41,47)(H2,42,43,50)/t25-,26?,27+,29-,30-,32+/m0/s1. The molecule has 1 aromatic heterocycles. The summed E-state index contributed by atoms with van der Waals surface area (Å²) in [4.78, 5) is 70.8. The highest BCUT2D eigenvalue weighted by Crippen LogP contribution is 2.65. The average Bonchev–Trinajstić information content (AvgIpc) is 3.79. The molecule has 6 atom stereocenters. The molecule has 5 amide bonds. The molecule has 1 saturated heterocycles. The largest absolute Gasteiger partial charge is 0.346 e. The Bertz CT molecular complexity index is 1690. The van der Waals surface area contributed by atoms with Crippen LogP contribution in [0.2, 0.25) is 0 Å². The Morgan fingerprint density at radius 2 is 1.72 bits per heavy atom. The Morgan fingerprint density at radius 3 is 2.30 bits per heavy atom. The van der Waals surface area contributed by atoms with E-state index in [0.717, 1.165) is 43.4 Å². The summed E-state index contributed by atoms with van der Waals surface area (Å²) < 4.78 is 28.0. The van der Waals surface area contributed by atoms with Crippen LogP contribution in [0.5, 0.6) is 0 Å². The summed E-state index contributed by atoms with van der Waals surface area (Å²) in [6.45, 7) is 16.0. The molecule has 3 saturated carbocycles. The summed E-state index contributed by atoms with van der Waals surface area (Å²) in [5.74, 6) is -2.16. The van der Waals surface area contributed by atoms with E-state index in [9.17, 15) is 32.4 Å². The van der Waals surface area contributed by atoms with Gasteiger partial charge in [-0.1, -0.05) is 85.8 Å². The number of Topliss-reactive ketones (excluding diaryl/α,β-unsaturated/α-hetero) is 1. The molecule has 54 heavy (non-hydrogen) atoms. The van der Waals surface area contributed by atoms with Crippen molar-refractivity contribution in [1.29, 1.82) is 0 Å². The van der Waals surface area contributed by atoms with Crippen LogP contribution in [0.4, 0.5) is 4.79 Å². The number of piperidine rings is 1. The Balaban J connectivity index is 1.37. The molecule has 300 valence electrons. The lowest BCUT2D eigenvalue weighted by Crippen LogP contribution is -2.63. The first kappa shape index (κ1) is 41.9. The number of sulfonamides is 1. The molecule has 2 heterocycles. The van der Waals surface area contributed by atoms with Crippen molar-refractivity contribution in [1.82, 2.24) is 30.5 Å². The third kappa shape index (κ3) is 9.04. The van der Waals surface area contributed by atoms with Crippen LogP contribution in [0.1, 0.15) is 92.9 Å². The van der Waals surface area contributed by atoms with Gasteiger partial charge in [-0.3, -0.25) is 19.2 Å². The van der Waals surface area contributed by atoms with E-state index in [4.69, 9.17) is 0 Å². The molecule has 1 unspecified atom stereocenters. The van der Waals surface area contributed by atoms with E-state index in [1.807, 2.05) is 27.7 Å². The topological polar surface area (TPSA) is 174 Å². The predicted octanol–water partition coefficient (Wildman–Crippen LogP) is 4.06. The van der Waals surface area contributed by atoms with Crippen molar-refractivity contribution >= 4 is 50.9 Å². The maximum atomic E-state index is 14.9. The number of rotatable bonds is 16. The molecule has 4 aliphatic rings. The van der Waals surface area contributed by atoms with Crippen molar-refractivity contribution < 1.29 is 32.4 Å². The molecule has 4 fully saturated rings. The van der Waals surface area contributed by atoms with Crippen LogP contribution >= 0.6 is 11.3 Å². The van der Waals surface area contributed by atoms with Gasteiger partial charge in [0.2, 0.25) is 17.6 Å². The molecule has 15 heteroatoms. The van der Waals surface area contributed by atoms with Crippen LogP contribution in [0.15, 0.2) is 34.4 Å². The summed E-state index contributed by atoms with van der Waals surface area (Å²) in [5, 5.41) is 13.2. The summed E-state index contributed by atoms with van der Waals surface area (Å²) in [6.07, 6.45) is 7.88. The molecule has 0 bridgehead atoms. The molecule has 0 spiro atoms. The van der Waals surface area contributed by atoms with Crippen LogP contribution in [0.25, 0.3) is 0 Å². The number of urea groups is 1. The van der Waals surface area contributed by atoms with Gasteiger partial charge in [0.25, 0.3) is 15.9 Å². The zero-order chi connectivity index (χ0) is 39.8. The van der Waals surface area contributed by atoms with Crippen molar-refractivity contribution in [2.75, 3.05) is 26.7 Å². The fourth-order valence-electron chi connectivity index (χ4n) is 8.53.